The lowest BCUT2D eigenvalue weighted by Gasteiger charge is -2.19. The SMILES string of the molecule is Cc1cc(C)c(-c2ccc3c(c2)C(=O)C(=O)c2cccnc2-3)c(C)c1. The van der Waals surface area contributed by atoms with E-state index >= 15 is 0 Å². The van der Waals surface area contributed by atoms with Crippen LogP contribution in [-0.4, -0.2) is 16.6 Å². The van der Waals surface area contributed by atoms with Gasteiger partial charge in [-0.05, 0) is 61.2 Å². The predicted octanol–water partition coefficient (Wildman–Crippen LogP) is 4.72. The third-order valence-corrected chi connectivity index (χ3v) is 4.74. The van der Waals surface area contributed by atoms with Gasteiger partial charge in [0.2, 0.25) is 11.6 Å². The Labute approximate surface area is 146 Å². The predicted molar refractivity (Wildman–Crippen MR) is 98.0 cm³/mol. The molecule has 0 amide bonds. The fourth-order valence-electron chi connectivity index (χ4n) is 3.78. The van der Waals surface area contributed by atoms with Crippen LogP contribution in [0, 0.1) is 20.8 Å². The maximum absolute atomic E-state index is 12.6. The molecule has 3 nitrogen and oxygen atoms in total. The van der Waals surface area contributed by atoms with Gasteiger partial charge >= 0.3 is 0 Å². The summed E-state index contributed by atoms with van der Waals surface area (Å²) in [4.78, 5) is 29.3. The van der Waals surface area contributed by atoms with Crippen molar-refractivity contribution < 1.29 is 9.59 Å². The van der Waals surface area contributed by atoms with Crippen LogP contribution in [0.3, 0.4) is 0 Å². The van der Waals surface area contributed by atoms with Gasteiger partial charge < -0.3 is 0 Å². The number of fused-ring (bicyclic) bond motifs is 3. The zero-order valence-electron chi connectivity index (χ0n) is 14.4. The number of benzene rings is 2. The van der Waals surface area contributed by atoms with Gasteiger partial charge in [0.1, 0.15) is 0 Å². The molecule has 0 fully saturated rings. The average molecular weight is 327 g/mol. The molecule has 0 radical (unpaired) electrons. The standard InChI is InChI=1S/C22H17NO2/c1-12-9-13(2)19(14(3)10-12)15-6-7-16-18(11-15)22(25)21(24)17-5-4-8-23-20(16)17/h4-11H,1-3H3. The summed E-state index contributed by atoms with van der Waals surface area (Å²) in [7, 11) is 0. The highest BCUT2D eigenvalue weighted by Gasteiger charge is 2.31. The molecule has 1 heterocycles. The number of hydrogen-bond acceptors (Lipinski definition) is 3. The normalized spacial score (nSPS) is 12.8. The van der Waals surface area contributed by atoms with Crippen molar-refractivity contribution in [2.24, 2.45) is 0 Å². The van der Waals surface area contributed by atoms with Crippen molar-refractivity contribution >= 4 is 11.6 Å². The van der Waals surface area contributed by atoms with Gasteiger partial charge in [0.05, 0.1) is 11.3 Å². The van der Waals surface area contributed by atoms with E-state index in [-0.39, 0.29) is 0 Å². The summed E-state index contributed by atoms with van der Waals surface area (Å²) in [5, 5.41) is 0. The van der Waals surface area contributed by atoms with Crippen molar-refractivity contribution in [2.75, 3.05) is 0 Å². The number of aryl methyl sites for hydroxylation is 3. The molecule has 0 bridgehead atoms. The third-order valence-electron chi connectivity index (χ3n) is 4.74. The second-order valence-corrected chi connectivity index (χ2v) is 6.59. The second kappa shape index (κ2) is 5.49. The fourth-order valence-corrected chi connectivity index (χ4v) is 3.78. The first-order valence-electron chi connectivity index (χ1n) is 8.24. The molecule has 0 spiro atoms. The lowest BCUT2D eigenvalue weighted by atomic mass is 9.84. The maximum atomic E-state index is 12.6. The highest BCUT2D eigenvalue weighted by Crippen LogP contribution is 2.36. The molecule has 25 heavy (non-hydrogen) atoms. The molecule has 0 saturated heterocycles. The van der Waals surface area contributed by atoms with Crippen LogP contribution in [0.5, 0.6) is 0 Å². The Morgan fingerprint density at radius 1 is 0.760 bits per heavy atom. The first-order valence-corrected chi connectivity index (χ1v) is 8.24. The molecule has 122 valence electrons. The molecule has 0 atom stereocenters. The van der Waals surface area contributed by atoms with Gasteiger partial charge in [-0.15, -0.1) is 0 Å². The zero-order chi connectivity index (χ0) is 17.7. The number of Topliss-reactive ketones (excluding diaryl/α,β-unsaturated/α-hetero) is 2. The smallest absolute Gasteiger partial charge is 0.235 e. The molecule has 1 aliphatic rings. The Morgan fingerprint density at radius 2 is 1.44 bits per heavy atom. The zero-order valence-corrected chi connectivity index (χ0v) is 14.4. The molecular formula is C22H17NO2. The summed E-state index contributed by atoms with van der Waals surface area (Å²) in [5.74, 6) is -0.940. The first kappa shape index (κ1) is 15.5. The maximum Gasteiger partial charge on any atom is 0.235 e. The van der Waals surface area contributed by atoms with Crippen LogP contribution in [0.25, 0.3) is 22.4 Å². The Morgan fingerprint density at radius 3 is 2.16 bits per heavy atom. The van der Waals surface area contributed by atoms with Gasteiger partial charge in [0.25, 0.3) is 0 Å². The van der Waals surface area contributed by atoms with Crippen LogP contribution < -0.4 is 0 Å². The molecule has 0 N–H and O–H groups in total. The number of rotatable bonds is 1. The largest absolute Gasteiger partial charge is 0.285 e. The van der Waals surface area contributed by atoms with Crippen molar-refractivity contribution in [1.82, 2.24) is 4.98 Å². The van der Waals surface area contributed by atoms with Crippen molar-refractivity contribution in [3.63, 3.8) is 0 Å². The van der Waals surface area contributed by atoms with E-state index in [9.17, 15) is 9.59 Å². The molecule has 3 aromatic rings. The molecule has 1 aliphatic carbocycles. The van der Waals surface area contributed by atoms with E-state index in [1.165, 1.54) is 5.56 Å². The molecule has 4 rings (SSSR count). The van der Waals surface area contributed by atoms with Crippen LogP contribution in [0.1, 0.15) is 37.4 Å². The number of nitrogens with zero attached hydrogens (tertiary/aromatic N) is 1. The molecule has 0 unspecified atom stereocenters. The van der Waals surface area contributed by atoms with Crippen LogP contribution in [-0.2, 0) is 0 Å². The molecule has 2 aromatic carbocycles. The summed E-state index contributed by atoms with van der Waals surface area (Å²) in [6, 6.07) is 13.3. The van der Waals surface area contributed by atoms with Crippen molar-refractivity contribution in [3.8, 4) is 22.4 Å². The second-order valence-electron chi connectivity index (χ2n) is 6.59. The molecule has 3 heteroatoms. The van der Waals surface area contributed by atoms with E-state index in [4.69, 9.17) is 0 Å². The number of carbonyl (C=O) groups excluding carboxylic acids is 2. The number of carbonyl (C=O) groups is 2. The first-order chi connectivity index (χ1) is 12.0. The molecule has 1 aromatic heterocycles. The van der Waals surface area contributed by atoms with Gasteiger partial charge in [-0.1, -0.05) is 29.8 Å². The van der Waals surface area contributed by atoms with Gasteiger partial charge in [-0.3, -0.25) is 14.6 Å². The lowest BCUT2D eigenvalue weighted by molar-refractivity contribution is 0.0815. The summed E-state index contributed by atoms with van der Waals surface area (Å²) in [5.41, 5.74) is 7.73. The van der Waals surface area contributed by atoms with Gasteiger partial charge in [-0.25, -0.2) is 0 Å². The highest BCUT2D eigenvalue weighted by molar-refractivity contribution is 6.52. The van der Waals surface area contributed by atoms with E-state index < -0.39 is 11.6 Å². The number of hydrogen-bond donors (Lipinski definition) is 0. The quantitative estimate of drug-likeness (QED) is 0.608. The molecule has 0 saturated carbocycles. The van der Waals surface area contributed by atoms with Crippen LogP contribution >= 0.6 is 0 Å². The minimum absolute atomic E-state index is 0.385. The number of ketones is 2. The minimum atomic E-state index is -0.481. The number of aromatic nitrogens is 1. The van der Waals surface area contributed by atoms with Crippen molar-refractivity contribution in [1.29, 1.82) is 0 Å². The fraction of sp³-hybridized carbons (Fsp3) is 0.136. The summed E-state index contributed by atoms with van der Waals surface area (Å²) < 4.78 is 0. The van der Waals surface area contributed by atoms with Gasteiger partial charge in [0, 0.05) is 17.3 Å². The lowest BCUT2D eigenvalue weighted by Crippen LogP contribution is -2.21. The van der Waals surface area contributed by atoms with Crippen LogP contribution in [0.2, 0.25) is 0 Å². The highest BCUT2D eigenvalue weighted by atomic mass is 16.2. The van der Waals surface area contributed by atoms with E-state index in [0.717, 1.165) is 27.8 Å². The molecular weight excluding hydrogens is 310 g/mol. The van der Waals surface area contributed by atoms with E-state index in [1.807, 2.05) is 18.2 Å². The Kier molecular flexibility index (Phi) is 3.39. The van der Waals surface area contributed by atoms with E-state index in [1.54, 1.807) is 18.3 Å². The Hall–Kier alpha value is -3.07. The van der Waals surface area contributed by atoms with Gasteiger partial charge in [0.15, 0.2) is 0 Å². The Balaban J connectivity index is 1.96. The van der Waals surface area contributed by atoms with E-state index in [0.29, 0.717) is 16.8 Å². The average Bonchev–Trinajstić information content (AvgIpc) is 2.59. The monoisotopic (exact) mass is 327 g/mol. The molecule has 0 aliphatic heterocycles. The Bertz CT molecular complexity index is 1040. The van der Waals surface area contributed by atoms with Crippen LogP contribution in [0.15, 0.2) is 48.7 Å². The minimum Gasteiger partial charge on any atom is -0.285 e. The third kappa shape index (κ3) is 2.31. The van der Waals surface area contributed by atoms with Gasteiger partial charge in [-0.2, -0.15) is 0 Å². The number of pyridine rings is 1. The summed E-state index contributed by atoms with van der Waals surface area (Å²) in [6.07, 6.45) is 1.65. The van der Waals surface area contributed by atoms with Crippen LogP contribution in [0.4, 0.5) is 0 Å². The topological polar surface area (TPSA) is 47.0 Å². The van der Waals surface area contributed by atoms with Crippen molar-refractivity contribution in [2.45, 2.75) is 20.8 Å². The summed E-state index contributed by atoms with van der Waals surface area (Å²) in [6.45, 7) is 6.21. The van der Waals surface area contributed by atoms with E-state index in [2.05, 4.69) is 37.9 Å². The summed E-state index contributed by atoms with van der Waals surface area (Å²) >= 11 is 0. The van der Waals surface area contributed by atoms with Crippen molar-refractivity contribution in [3.05, 3.63) is 76.5 Å².